The summed E-state index contributed by atoms with van der Waals surface area (Å²) in [5.74, 6) is -0.252. The molecule has 186 valence electrons. The number of carboxylic acid groups (broad SMARTS) is 1. The van der Waals surface area contributed by atoms with Crippen molar-refractivity contribution in [2.75, 3.05) is 0 Å². The topological polar surface area (TPSA) is 122 Å². The minimum Gasteiger partial charge on any atom is -0.480 e. The van der Waals surface area contributed by atoms with E-state index >= 15 is 0 Å². The standard InChI is InChI=1S/C25H30N4O5S/c1-17(2)29(20-5-3-4-6-20)35(32,33)28-23(25(30)31)15-18-7-9-21(10-8-18)34-24-22-12-13-26-16-19(22)11-14-27-24/h7-14,16-17,20,23,28H,3-6,15H2,1-2H3,(H,30,31)/t23-/m0/s1. The highest BCUT2D eigenvalue weighted by Crippen LogP contribution is 2.28. The lowest BCUT2D eigenvalue weighted by Crippen LogP contribution is -2.54. The number of nitrogens with zero attached hydrogens (tertiary/aromatic N) is 3. The monoisotopic (exact) mass is 498 g/mol. The maximum Gasteiger partial charge on any atom is 0.322 e. The minimum atomic E-state index is -3.97. The van der Waals surface area contributed by atoms with Gasteiger partial charge in [0.25, 0.3) is 10.2 Å². The number of aromatic nitrogens is 2. The number of pyridine rings is 2. The van der Waals surface area contributed by atoms with Crippen LogP contribution in [-0.4, -0.2) is 51.9 Å². The molecule has 10 heteroatoms. The van der Waals surface area contributed by atoms with E-state index < -0.39 is 22.2 Å². The molecule has 0 aliphatic heterocycles. The van der Waals surface area contributed by atoms with Gasteiger partial charge in [-0.05, 0) is 62.9 Å². The summed E-state index contributed by atoms with van der Waals surface area (Å²) >= 11 is 0. The molecule has 0 amide bonds. The zero-order chi connectivity index (χ0) is 25.0. The van der Waals surface area contributed by atoms with E-state index in [4.69, 9.17) is 4.74 Å². The number of carbonyl (C=O) groups is 1. The maximum atomic E-state index is 13.1. The van der Waals surface area contributed by atoms with Crippen LogP contribution in [0.15, 0.2) is 55.0 Å². The van der Waals surface area contributed by atoms with Crippen molar-refractivity contribution in [3.8, 4) is 11.6 Å². The van der Waals surface area contributed by atoms with Crippen LogP contribution in [0.3, 0.4) is 0 Å². The average molecular weight is 499 g/mol. The van der Waals surface area contributed by atoms with E-state index in [0.29, 0.717) is 17.2 Å². The van der Waals surface area contributed by atoms with Gasteiger partial charge < -0.3 is 9.84 Å². The van der Waals surface area contributed by atoms with Crippen molar-refractivity contribution in [2.45, 2.75) is 64.1 Å². The Morgan fingerprint density at radius 2 is 1.86 bits per heavy atom. The number of benzene rings is 1. The van der Waals surface area contributed by atoms with Gasteiger partial charge in [0.05, 0.1) is 0 Å². The lowest BCUT2D eigenvalue weighted by Gasteiger charge is -2.32. The molecule has 0 bridgehead atoms. The largest absolute Gasteiger partial charge is 0.480 e. The molecular formula is C25H30N4O5S. The molecule has 0 spiro atoms. The van der Waals surface area contributed by atoms with Gasteiger partial charge in [0.2, 0.25) is 5.88 Å². The molecule has 35 heavy (non-hydrogen) atoms. The van der Waals surface area contributed by atoms with Crippen LogP contribution >= 0.6 is 0 Å². The lowest BCUT2D eigenvalue weighted by molar-refractivity contribution is -0.139. The van der Waals surface area contributed by atoms with Gasteiger partial charge in [0, 0.05) is 41.4 Å². The van der Waals surface area contributed by atoms with Gasteiger partial charge in [0.15, 0.2) is 0 Å². The molecule has 1 fully saturated rings. The molecule has 3 aromatic rings. The van der Waals surface area contributed by atoms with Crippen molar-refractivity contribution in [3.63, 3.8) is 0 Å². The predicted molar refractivity (Wildman–Crippen MR) is 132 cm³/mol. The third-order valence-electron chi connectivity index (χ3n) is 6.17. The molecule has 1 aromatic carbocycles. The second kappa shape index (κ2) is 10.7. The molecule has 1 saturated carbocycles. The molecule has 0 saturated heterocycles. The van der Waals surface area contributed by atoms with Crippen molar-refractivity contribution in [1.29, 1.82) is 0 Å². The van der Waals surface area contributed by atoms with E-state index in [2.05, 4.69) is 14.7 Å². The van der Waals surface area contributed by atoms with Crippen LogP contribution in [0.1, 0.15) is 45.1 Å². The molecule has 0 radical (unpaired) electrons. The second-order valence-corrected chi connectivity index (χ2v) is 10.6. The SMILES string of the molecule is CC(C)N(C1CCCC1)S(=O)(=O)N[C@@H](Cc1ccc(Oc2nccc3cnccc23)cc1)C(=O)O. The fraction of sp³-hybridized carbons (Fsp3) is 0.400. The van der Waals surface area contributed by atoms with Crippen LogP contribution in [0.2, 0.25) is 0 Å². The summed E-state index contributed by atoms with van der Waals surface area (Å²) in [4.78, 5) is 20.3. The van der Waals surface area contributed by atoms with E-state index in [1.165, 1.54) is 4.31 Å². The molecule has 1 aliphatic rings. The number of rotatable bonds is 10. The van der Waals surface area contributed by atoms with Gasteiger partial charge in [-0.3, -0.25) is 9.78 Å². The first-order chi connectivity index (χ1) is 16.7. The number of ether oxygens (including phenoxy) is 1. The summed E-state index contributed by atoms with van der Waals surface area (Å²) in [5.41, 5.74) is 0.666. The van der Waals surface area contributed by atoms with Crippen molar-refractivity contribution < 1.29 is 23.1 Å². The van der Waals surface area contributed by atoms with Crippen LogP contribution in [0.5, 0.6) is 11.6 Å². The summed E-state index contributed by atoms with van der Waals surface area (Å²) in [5, 5.41) is 11.5. The highest BCUT2D eigenvalue weighted by atomic mass is 32.2. The van der Waals surface area contributed by atoms with Crippen molar-refractivity contribution in [1.82, 2.24) is 19.0 Å². The molecule has 4 rings (SSSR count). The summed E-state index contributed by atoms with van der Waals surface area (Å²) in [7, 11) is -3.97. The molecule has 2 heterocycles. The first-order valence-electron chi connectivity index (χ1n) is 11.7. The van der Waals surface area contributed by atoms with Crippen molar-refractivity contribution in [2.24, 2.45) is 0 Å². The number of fused-ring (bicyclic) bond motifs is 1. The number of aliphatic carboxylic acids is 1. The van der Waals surface area contributed by atoms with Crippen LogP contribution in [-0.2, 0) is 21.4 Å². The summed E-state index contributed by atoms with van der Waals surface area (Å²) in [6, 6.07) is 8.89. The molecule has 1 atom stereocenters. The molecule has 2 N–H and O–H groups in total. The Morgan fingerprint density at radius 3 is 2.51 bits per heavy atom. The van der Waals surface area contributed by atoms with Crippen LogP contribution in [0, 0.1) is 0 Å². The van der Waals surface area contributed by atoms with Gasteiger partial charge in [-0.15, -0.1) is 0 Å². The number of nitrogens with one attached hydrogen (secondary N) is 1. The smallest absolute Gasteiger partial charge is 0.322 e. The lowest BCUT2D eigenvalue weighted by atomic mass is 10.1. The first kappa shape index (κ1) is 25.0. The quantitative estimate of drug-likeness (QED) is 0.435. The Bertz CT molecular complexity index is 1270. The average Bonchev–Trinajstić information content (AvgIpc) is 3.33. The molecule has 0 unspecified atom stereocenters. The normalized spacial score (nSPS) is 15.7. The molecule has 1 aliphatic carbocycles. The van der Waals surface area contributed by atoms with E-state index in [1.54, 1.807) is 42.9 Å². The van der Waals surface area contributed by atoms with Crippen LogP contribution in [0.25, 0.3) is 10.8 Å². The highest BCUT2D eigenvalue weighted by Gasteiger charge is 2.36. The third kappa shape index (κ3) is 5.95. The van der Waals surface area contributed by atoms with E-state index in [9.17, 15) is 18.3 Å². The van der Waals surface area contributed by atoms with Crippen LogP contribution in [0.4, 0.5) is 0 Å². The van der Waals surface area contributed by atoms with Gasteiger partial charge in [-0.1, -0.05) is 25.0 Å². The second-order valence-electron chi connectivity index (χ2n) is 9.04. The Hall–Kier alpha value is -3.08. The summed E-state index contributed by atoms with van der Waals surface area (Å²) in [6.07, 6.45) is 8.58. The Labute approximate surface area is 205 Å². The minimum absolute atomic E-state index is 0.00360. The zero-order valence-corrected chi connectivity index (χ0v) is 20.6. The first-order valence-corrected chi connectivity index (χ1v) is 13.2. The van der Waals surface area contributed by atoms with E-state index in [0.717, 1.165) is 36.5 Å². The Kier molecular flexibility index (Phi) is 7.63. The Morgan fingerprint density at radius 1 is 1.14 bits per heavy atom. The van der Waals surface area contributed by atoms with Gasteiger partial charge in [-0.2, -0.15) is 17.4 Å². The number of hydrogen-bond acceptors (Lipinski definition) is 6. The molecule has 9 nitrogen and oxygen atoms in total. The number of hydrogen-bond donors (Lipinski definition) is 2. The molecular weight excluding hydrogens is 468 g/mol. The third-order valence-corrected chi connectivity index (χ3v) is 8.02. The fourth-order valence-electron chi connectivity index (χ4n) is 4.59. The van der Waals surface area contributed by atoms with Crippen LogP contribution < -0.4 is 9.46 Å². The Balaban J connectivity index is 1.47. The van der Waals surface area contributed by atoms with Crippen molar-refractivity contribution in [3.05, 3.63) is 60.6 Å². The zero-order valence-electron chi connectivity index (χ0n) is 19.8. The summed E-state index contributed by atoms with van der Waals surface area (Å²) < 4.78 is 36.1. The van der Waals surface area contributed by atoms with Crippen molar-refractivity contribution >= 4 is 27.0 Å². The van der Waals surface area contributed by atoms with Gasteiger partial charge in [0.1, 0.15) is 11.8 Å². The number of carboxylic acids is 1. The maximum absolute atomic E-state index is 13.1. The fourth-order valence-corrected chi connectivity index (χ4v) is 6.41. The van der Waals surface area contributed by atoms with Gasteiger partial charge in [-0.25, -0.2) is 4.98 Å². The highest BCUT2D eigenvalue weighted by molar-refractivity contribution is 7.87. The summed E-state index contributed by atoms with van der Waals surface area (Å²) in [6.45, 7) is 3.63. The van der Waals surface area contributed by atoms with Gasteiger partial charge >= 0.3 is 5.97 Å². The molecule has 2 aromatic heterocycles. The van der Waals surface area contributed by atoms with E-state index in [1.807, 2.05) is 26.0 Å². The van der Waals surface area contributed by atoms with E-state index in [-0.39, 0.29) is 18.5 Å². The predicted octanol–water partition coefficient (Wildman–Crippen LogP) is 3.91.